The molecule has 2 rings (SSSR count). The number of para-hydroxylation sites is 1. The second-order valence-corrected chi connectivity index (χ2v) is 5.38. The summed E-state index contributed by atoms with van der Waals surface area (Å²) in [4.78, 5) is 12.1. The highest BCUT2D eigenvalue weighted by molar-refractivity contribution is 9.10. The van der Waals surface area contributed by atoms with E-state index in [1.54, 1.807) is 0 Å². The molecule has 0 bridgehead atoms. The van der Waals surface area contributed by atoms with E-state index >= 15 is 0 Å². The number of amides is 1. The molecule has 1 aromatic rings. The van der Waals surface area contributed by atoms with Crippen LogP contribution < -0.4 is 11.1 Å². The summed E-state index contributed by atoms with van der Waals surface area (Å²) in [6.45, 7) is 0. The second kappa shape index (κ2) is 5.65. The number of rotatable bonds is 2. The minimum Gasteiger partial charge on any atom is -0.327 e. The SMILES string of the molecule is NC1CCCCC1C(=O)Nc1ccccc1Br. The summed E-state index contributed by atoms with van der Waals surface area (Å²) in [6, 6.07) is 7.63. The first-order valence-electron chi connectivity index (χ1n) is 5.99. The van der Waals surface area contributed by atoms with Crippen molar-refractivity contribution in [3.8, 4) is 0 Å². The van der Waals surface area contributed by atoms with E-state index in [0.717, 1.165) is 35.8 Å². The number of nitrogens with two attached hydrogens (primary N) is 1. The van der Waals surface area contributed by atoms with Gasteiger partial charge in [-0.3, -0.25) is 4.79 Å². The third-order valence-electron chi connectivity index (χ3n) is 3.29. The molecule has 0 radical (unpaired) electrons. The third-order valence-corrected chi connectivity index (χ3v) is 3.98. The summed E-state index contributed by atoms with van der Waals surface area (Å²) in [5.41, 5.74) is 6.81. The molecule has 1 saturated carbocycles. The van der Waals surface area contributed by atoms with Crippen LogP contribution in [-0.2, 0) is 4.79 Å². The maximum atomic E-state index is 12.1. The van der Waals surface area contributed by atoms with Gasteiger partial charge in [-0.05, 0) is 40.9 Å². The van der Waals surface area contributed by atoms with Crippen molar-refractivity contribution in [2.24, 2.45) is 11.7 Å². The lowest BCUT2D eigenvalue weighted by molar-refractivity contribution is -0.121. The van der Waals surface area contributed by atoms with Gasteiger partial charge in [0.25, 0.3) is 0 Å². The molecule has 2 unspecified atom stereocenters. The van der Waals surface area contributed by atoms with E-state index in [1.165, 1.54) is 0 Å². The molecule has 2 atom stereocenters. The number of carbonyl (C=O) groups is 1. The van der Waals surface area contributed by atoms with Gasteiger partial charge in [-0.1, -0.05) is 25.0 Å². The highest BCUT2D eigenvalue weighted by Crippen LogP contribution is 2.26. The van der Waals surface area contributed by atoms with Gasteiger partial charge in [0.05, 0.1) is 11.6 Å². The average molecular weight is 297 g/mol. The van der Waals surface area contributed by atoms with Crippen LogP contribution in [0.5, 0.6) is 0 Å². The summed E-state index contributed by atoms with van der Waals surface area (Å²) in [7, 11) is 0. The number of halogens is 1. The van der Waals surface area contributed by atoms with Gasteiger partial charge in [0.15, 0.2) is 0 Å². The Hall–Kier alpha value is -0.870. The molecule has 3 N–H and O–H groups in total. The molecule has 0 aliphatic heterocycles. The first-order valence-corrected chi connectivity index (χ1v) is 6.79. The summed E-state index contributed by atoms with van der Waals surface area (Å²) in [6.07, 6.45) is 4.09. The van der Waals surface area contributed by atoms with Gasteiger partial charge < -0.3 is 11.1 Å². The zero-order valence-corrected chi connectivity index (χ0v) is 11.2. The van der Waals surface area contributed by atoms with Crippen molar-refractivity contribution in [1.29, 1.82) is 0 Å². The van der Waals surface area contributed by atoms with Crippen LogP contribution in [-0.4, -0.2) is 11.9 Å². The van der Waals surface area contributed by atoms with E-state index in [9.17, 15) is 4.79 Å². The topological polar surface area (TPSA) is 55.1 Å². The quantitative estimate of drug-likeness (QED) is 0.882. The van der Waals surface area contributed by atoms with Crippen molar-refractivity contribution in [1.82, 2.24) is 0 Å². The van der Waals surface area contributed by atoms with E-state index in [1.807, 2.05) is 24.3 Å². The molecule has 1 aromatic carbocycles. The number of nitrogens with one attached hydrogen (secondary N) is 1. The van der Waals surface area contributed by atoms with Crippen molar-refractivity contribution in [2.75, 3.05) is 5.32 Å². The molecular formula is C13H17BrN2O. The molecule has 0 saturated heterocycles. The van der Waals surface area contributed by atoms with Crippen LogP contribution in [0.1, 0.15) is 25.7 Å². The van der Waals surface area contributed by atoms with Crippen molar-refractivity contribution >= 4 is 27.5 Å². The second-order valence-electron chi connectivity index (χ2n) is 4.52. The van der Waals surface area contributed by atoms with Crippen LogP contribution in [0, 0.1) is 5.92 Å². The number of carbonyl (C=O) groups excluding carboxylic acids is 1. The predicted molar refractivity (Wildman–Crippen MR) is 72.7 cm³/mol. The third kappa shape index (κ3) is 3.07. The van der Waals surface area contributed by atoms with Gasteiger partial charge in [-0.15, -0.1) is 0 Å². The maximum absolute atomic E-state index is 12.1. The Labute approximate surface area is 110 Å². The van der Waals surface area contributed by atoms with Gasteiger partial charge in [-0.25, -0.2) is 0 Å². The number of hydrogen-bond acceptors (Lipinski definition) is 2. The van der Waals surface area contributed by atoms with Crippen LogP contribution in [0.15, 0.2) is 28.7 Å². The Morgan fingerprint density at radius 1 is 1.29 bits per heavy atom. The monoisotopic (exact) mass is 296 g/mol. The summed E-state index contributed by atoms with van der Waals surface area (Å²) >= 11 is 3.42. The van der Waals surface area contributed by atoms with Crippen molar-refractivity contribution in [2.45, 2.75) is 31.7 Å². The maximum Gasteiger partial charge on any atom is 0.229 e. The van der Waals surface area contributed by atoms with E-state index in [-0.39, 0.29) is 17.9 Å². The van der Waals surface area contributed by atoms with E-state index in [0.29, 0.717) is 0 Å². The minimum atomic E-state index is -0.0455. The summed E-state index contributed by atoms with van der Waals surface area (Å²) < 4.78 is 0.901. The smallest absolute Gasteiger partial charge is 0.229 e. The first kappa shape index (κ1) is 12.6. The van der Waals surface area contributed by atoms with Gasteiger partial charge >= 0.3 is 0 Å². The molecule has 1 amide bonds. The van der Waals surface area contributed by atoms with Crippen LogP contribution in [0.25, 0.3) is 0 Å². The molecule has 0 spiro atoms. The Morgan fingerprint density at radius 3 is 2.71 bits per heavy atom. The molecule has 1 aliphatic carbocycles. The van der Waals surface area contributed by atoms with Gasteiger partial charge in [0.1, 0.15) is 0 Å². The van der Waals surface area contributed by atoms with Gasteiger partial charge in [-0.2, -0.15) is 0 Å². The number of hydrogen-bond donors (Lipinski definition) is 2. The molecule has 3 nitrogen and oxygen atoms in total. The molecule has 4 heteroatoms. The molecular weight excluding hydrogens is 280 g/mol. The van der Waals surface area contributed by atoms with Gasteiger partial charge in [0, 0.05) is 10.5 Å². The fraction of sp³-hybridized carbons (Fsp3) is 0.462. The molecule has 1 fully saturated rings. The van der Waals surface area contributed by atoms with Crippen molar-refractivity contribution in [3.05, 3.63) is 28.7 Å². The minimum absolute atomic E-state index is 0.00578. The van der Waals surface area contributed by atoms with E-state index < -0.39 is 0 Å². The lowest BCUT2D eigenvalue weighted by atomic mass is 9.84. The average Bonchev–Trinajstić information content (AvgIpc) is 2.32. The zero-order valence-electron chi connectivity index (χ0n) is 9.66. The summed E-state index contributed by atoms with van der Waals surface area (Å²) in [5.74, 6) is -0.0000406. The lowest BCUT2D eigenvalue weighted by Gasteiger charge is -2.27. The highest BCUT2D eigenvalue weighted by atomic mass is 79.9. The van der Waals surface area contributed by atoms with E-state index in [4.69, 9.17) is 5.73 Å². The Bertz CT molecular complexity index is 408. The van der Waals surface area contributed by atoms with Crippen LogP contribution in [0.4, 0.5) is 5.69 Å². The normalized spacial score (nSPS) is 24.4. The Kier molecular flexibility index (Phi) is 4.18. The first-order chi connectivity index (χ1) is 8.18. The predicted octanol–water partition coefficient (Wildman–Crippen LogP) is 2.91. The number of anilines is 1. The number of benzene rings is 1. The van der Waals surface area contributed by atoms with Crippen LogP contribution >= 0.6 is 15.9 Å². The molecule has 1 aliphatic rings. The lowest BCUT2D eigenvalue weighted by Crippen LogP contribution is -2.40. The van der Waals surface area contributed by atoms with Gasteiger partial charge in [0.2, 0.25) is 5.91 Å². The largest absolute Gasteiger partial charge is 0.327 e. The highest BCUT2D eigenvalue weighted by Gasteiger charge is 2.28. The van der Waals surface area contributed by atoms with Crippen LogP contribution in [0.3, 0.4) is 0 Å². The summed E-state index contributed by atoms with van der Waals surface area (Å²) in [5, 5.41) is 2.94. The van der Waals surface area contributed by atoms with Crippen molar-refractivity contribution in [3.63, 3.8) is 0 Å². The standard InChI is InChI=1S/C13H17BrN2O/c14-10-6-2-4-8-12(10)16-13(17)9-5-1-3-7-11(9)15/h2,4,6,8-9,11H,1,3,5,7,15H2,(H,16,17). The fourth-order valence-corrected chi connectivity index (χ4v) is 2.66. The van der Waals surface area contributed by atoms with Crippen LogP contribution in [0.2, 0.25) is 0 Å². The Balaban J connectivity index is 2.03. The molecule has 92 valence electrons. The zero-order chi connectivity index (χ0) is 12.3. The molecule has 17 heavy (non-hydrogen) atoms. The van der Waals surface area contributed by atoms with E-state index in [2.05, 4.69) is 21.2 Å². The molecule has 0 aromatic heterocycles. The van der Waals surface area contributed by atoms with Crippen molar-refractivity contribution < 1.29 is 4.79 Å². The molecule has 0 heterocycles. The fourth-order valence-electron chi connectivity index (χ4n) is 2.27. The Morgan fingerprint density at radius 2 is 2.00 bits per heavy atom.